The Balaban J connectivity index is 0.00000324. The number of carboxylic acid groups (broad SMARTS) is 1. The van der Waals surface area contributed by atoms with Crippen LogP contribution >= 0.6 is 0 Å². The number of rotatable bonds is 7. The number of benzene rings is 3. The SMILES string of the molecule is O=C([O-])COc1ccc2cc(-c3nc(OCc4ccccc4)cc(C(F)(F)F)n3)ccc2c1.[Na+]. The molecule has 0 saturated carbocycles. The number of halogens is 3. The molecule has 0 saturated heterocycles. The van der Waals surface area contributed by atoms with Gasteiger partial charge in [-0.2, -0.15) is 18.2 Å². The van der Waals surface area contributed by atoms with E-state index in [0.717, 1.165) is 11.6 Å². The van der Waals surface area contributed by atoms with Crippen molar-refractivity contribution in [3.63, 3.8) is 0 Å². The van der Waals surface area contributed by atoms with Crippen molar-refractivity contribution in [2.24, 2.45) is 0 Å². The van der Waals surface area contributed by atoms with E-state index in [0.29, 0.717) is 22.1 Å². The quantitative estimate of drug-likeness (QED) is 0.371. The van der Waals surface area contributed by atoms with Gasteiger partial charge in [-0.1, -0.05) is 48.5 Å². The van der Waals surface area contributed by atoms with E-state index in [-0.39, 0.29) is 47.9 Å². The van der Waals surface area contributed by atoms with Crippen LogP contribution in [0.5, 0.6) is 11.6 Å². The zero-order chi connectivity index (χ0) is 23.4. The summed E-state index contributed by atoms with van der Waals surface area (Å²) in [7, 11) is 0. The summed E-state index contributed by atoms with van der Waals surface area (Å²) in [5.74, 6) is -1.35. The van der Waals surface area contributed by atoms with Gasteiger partial charge < -0.3 is 19.4 Å². The minimum absolute atomic E-state index is 0. The second-order valence-corrected chi connectivity index (χ2v) is 7.07. The Kier molecular flexibility index (Phi) is 8.14. The Morgan fingerprint density at radius 1 is 0.882 bits per heavy atom. The summed E-state index contributed by atoms with van der Waals surface area (Å²) >= 11 is 0. The molecule has 0 N–H and O–H groups in total. The van der Waals surface area contributed by atoms with Crippen molar-refractivity contribution in [3.8, 4) is 23.0 Å². The first-order valence-electron chi connectivity index (χ1n) is 9.78. The Hall–Kier alpha value is -3.14. The molecule has 10 heteroatoms. The molecule has 0 bridgehead atoms. The maximum absolute atomic E-state index is 13.4. The number of carboxylic acids is 1. The molecule has 0 aliphatic carbocycles. The molecule has 0 spiro atoms. The normalized spacial score (nSPS) is 11.0. The molecule has 0 aliphatic heterocycles. The number of aromatic nitrogens is 2. The Morgan fingerprint density at radius 2 is 1.59 bits per heavy atom. The number of fused-ring (bicyclic) bond motifs is 1. The summed E-state index contributed by atoms with van der Waals surface area (Å²) in [6, 6.07) is 19.5. The van der Waals surface area contributed by atoms with Crippen LogP contribution in [-0.2, 0) is 17.6 Å². The van der Waals surface area contributed by atoms with Gasteiger partial charge in [0.15, 0.2) is 11.5 Å². The predicted octanol–water partition coefficient (Wildman–Crippen LogP) is 1.03. The van der Waals surface area contributed by atoms with Gasteiger partial charge in [0.25, 0.3) is 0 Å². The summed E-state index contributed by atoms with van der Waals surface area (Å²) in [4.78, 5) is 18.4. The van der Waals surface area contributed by atoms with Crippen molar-refractivity contribution in [1.82, 2.24) is 9.97 Å². The third-order valence-electron chi connectivity index (χ3n) is 4.65. The zero-order valence-corrected chi connectivity index (χ0v) is 20.0. The van der Waals surface area contributed by atoms with Crippen molar-refractivity contribution in [3.05, 3.63) is 84.1 Å². The van der Waals surface area contributed by atoms with Crippen LogP contribution in [-0.4, -0.2) is 22.5 Å². The second-order valence-electron chi connectivity index (χ2n) is 7.07. The minimum Gasteiger partial charge on any atom is -0.546 e. The van der Waals surface area contributed by atoms with Crippen LogP contribution in [0.4, 0.5) is 13.2 Å². The minimum atomic E-state index is -4.68. The molecular weight excluding hydrogens is 460 g/mol. The Morgan fingerprint density at radius 3 is 2.29 bits per heavy atom. The van der Waals surface area contributed by atoms with E-state index >= 15 is 0 Å². The third kappa shape index (κ3) is 6.47. The van der Waals surface area contributed by atoms with E-state index in [2.05, 4.69) is 9.97 Å². The predicted molar refractivity (Wildman–Crippen MR) is 111 cm³/mol. The fourth-order valence-electron chi connectivity index (χ4n) is 3.10. The molecule has 0 aliphatic rings. The van der Waals surface area contributed by atoms with Gasteiger partial charge in [-0.3, -0.25) is 0 Å². The fourth-order valence-corrected chi connectivity index (χ4v) is 3.10. The molecule has 168 valence electrons. The standard InChI is InChI=1S/C24H17F3N2O4.Na/c25-24(26,27)20-12-21(33-13-15-4-2-1-3-5-15)29-23(28-20)18-7-6-17-11-19(32-14-22(30)31)9-8-16(17)10-18;/h1-12H,13-14H2,(H,30,31);/q;+1/p-1. The second kappa shape index (κ2) is 10.9. The van der Waals surface area contributed by atoms with Crippen molar-refractivity contribution < 1.29 is 62.1 Å². The molecule has 6 nitrogen and oxygen atoms in total. The largest absolute Gasteiger partial charge is 1.00 e. The van der Waals surface area contributed by atoms with Crippen molar-refractivity contribution in [2.45, 2.75) is 12.8 Å². The number of aliphatic carboxylic acids is 1. The molecule has 0 amide bonds. The summed E-state index contributed by atoms with van der Waals surface area (Å²) in [5.41, 5.74) is 0.0388. The van der Waals surface area contributed by atoms with Crippen LogP contribution in [0.15, 0.2) is 72.8 Å². The monoisotopic (exact) mass is 476 g/mol. The van der Waals surface area contributed by atoms with Gasteiger partial charge in [-0.25, -0.2) is 4.98 Å². The number of carbonyl (C=O) groups is 1. The molecule has 34 heavy (non-hydrogen) atoms. The Bertz CT molecular complexity index is 1300. The molecule has 1 aromatic heterocycles. The smallest absolute Gasteiger partial charge is 0.546 e. The number of hydrogen-bond acceptors (Lipinski definition) is 6. The first-order valence-corrected chi connectivity index (χ1v) is 9.78. The summed E-state index contributed by atoms with van der Waals surface area (Å²) in [5, 5.41) is 11.9. The molecule has 3 aromatic carbocycles. The van der Waals surface area contributed by atoms with E-state index < -0.39 is 24.4 Å². The van der Waals surface area contributed by atoms with E-state index in [9.17, 15) is 23.1 Å². The maximum atomic E-state index is 13.4. The molecule has 4 aromatic rings. The number of nitrogens with zero attached hydrogens (tertiary/aromatic N) is 2. The third-order valence-corrected chi connectivity index (χ3v) is 4.65. The number of carbonyl (C=O) groups excluding carboxylic acids is 1. The summed E-state index contributed by atoms with van der Waals surface area (Å²) in [6.07, 6.45) is -4.68. The Labute approximate surface area is 214 Å². The maximum Gasteiger partial charge on any atom is 1.00 e. The molecule has 4 rings (SSSR count). The van der Waals surface area contributed by atoms with Gasteiger partial charge in [-0.15, -0.1) is 0 Å². The van der Waals surface area contributed by atoms with E-state index in [1.165, 1.54) is 0 Å². The van der Waals surface area contributed by atoms with E-state index in [4.69, 9.17) is 9.47 Å². The van der Waals surface area contributed by atoms with Gasteiger partial charge in [-0.05, 0) is 34.5 Å². The van der Waals surface area contributed by atoms with Crippen molar-refractivity contribution in [1.29, 1.82) is 0 Å². The van der Waals surface area contributed by atoms with Gasteiger partial charge in [0.1, 0.15) is 19.0 Å². The van der Waals surface area contributed by atoms with Crippen LogP contribution in [0, 0.1) is 0 Å². The molecule has 0 radical (unpaired) electrons. The van der Waals surface area contributed by atoms with E-state index in [1.54, 1.807) is 60.7 Å². The number of alkyl halides is 3. The van der Waals surface area contributed by atoms with Crippen LogP contribution in [0.25, 0.3) is 22.2 Å². The number of hydrogen-bond donors (Lipinski definition) is 0. The number of ether oxygens (including phenoxy) is 2. The summed E-state index contributed by atoms with van der Waals surface area (Å²) in [6.45, 7) is -0.533. The van der Waals surface area contributed by atoms with Crippen molar-refractivity contribution in [2.75, 3.05) is 6.61 Å². The van der Waals surface area contributed by atoms with E-state index in [1.807, 2.05) is 6.07 Å². The van der Waals surface area contributed by atoms with Gasteiger partial charge >= 0.3 is 35.7 Å². The first-order chi connectivity index (χ1) is 15.8. The van der Waals surface area contributed by atoms with Crippen LogP contribution < -0.4 is 44.1 Å². The van der Waals surface area contributed by atoms with Crippen LogP contribution in [0.2, 0.25) is 0 Å². The molecular formula is C24H16F3N2NaO4. The summed E-state index contributed by atoms with van der Waals surface area (Å²) < 4.78 is 51.0. The average molecular weight is 476 g/mol. The molecule has 1 heterocycles. The van der Waals surface area contributed by atoms with Gasteiger partial charge in [0.05, 0.1) is 5.97 Å². The first kappa shape index (κ1) is 25.5. The van der Waals surface area contributed by atoms with Crippen molar-refractivity contribution >= 4 is 16.7 Å². The van der Waals surface area contributed by atoms with Crippen LogP contribution in [0.1, 0.15) is 11.3 Å². The molecule has 0 unspecified atom stereocenters. The zero-order valence-electron chi connectivity index (χ0n) is 18.0. The average Bonchev–Trinajstić information content (AvgIpc) is 2.81. The molecule has 0 atom stereocenters. The fraction of sp³-hybridized carbons (Fsp3) is 0.125. The van der Waals surface area contributed by atoms with Gasteiger partial charge in [0, 0.05) is 11.6 Å². The van der Waals surface area contributed by atoms with Crippen LogP contribution in [0.3, 0.4) is 0 Å². The molecule has 0 fully saturated rings. The van der Waals surface area contributed by atoms with Gasteiger partial charge in [0.2, 0.25) is 5.88 Å². The topological polar surface area (TPSA) is 84.4 Å².